The number of hydrogen-bond donors (Lipinski definition) is 4. The zero-order valence-corrected chi connectivity index (χ0v) is 25.7. The highest BCUT2D eigenvalue weighted by Gasteiger charge is 2.36. The van der Waals surface area contributed by atoms with Crippen molar-refractivity contribution in [1.82, 2.24) is 10.2 Å². The van der Waals surface area contributed by atoms with Crippen LogP contribution in [0.5, 0.6) is 5.75 Å². The minimum absolute atomic E-state index is 0.0167. The van der Waals surface area contributed by atoms with Crippen molar-refractivity contribution in [3.8, 4) is 5.75 Å². The Morgan fingerprint density at radius 2 is 1.80 bits per heavy atom. The van der Waals surface area contributed by atoms with Gasteiger partial charge in [0, 0.05) is 45.1 Å². The molecule has 0 aliphatic carbocycles. The van der Waals surface area contributed by atoms with Gasteiger partial charge in [-0.05, 0) is 24.1 Å². The van der Waals surface area contributed by atoms with Gasteiger partial charge in [-0.25, -0.2) is 0 Å². The first-order valence-corrected chi connectivity index (χ1v) is 15.0. The molecule has 3 rings (SSSR count). The zero-order chi connectivity index (χ0) is 32.8. The molecule has 4 amide bonds. The molecule has 0 bridgehead atoms. The van der Waals surface area contributed by atoms with Crippen molar-refractivity contribution in [2.24, 2.45) is 5.92 Å². The van der Waals surface area contributed by atoms with E-state index in [9.17, 15) is 34.2 Å². The van der Waals surface area contributed by atoms with E-state index >= 15 is 0 Å². The van der Waals surface area contributed by atoms with E-state index in [2.05, 4.69) is 10.6 Å². The smallest absolute Gasteiger partial charge is 0.302 e. The minimum atomic E-state index is -1.09. The molecule has 4 N–H and O–H groups in total. The number of amides is 4. The second kappa shape index (κ2) is 18.4. The zero-order valence-electron chi connectivity index (χ0n) is 25.7. The van der Waals surface area contributed by atoms with Crippen molar-refractivity contribution in [3.63, 3.8) is 0 Å². The molecule has 1 aromatic carbocycles. The predicted octanol–water partition coefficient (Wildman–Crippen LogP) is 0.250. The fourth-order valence-corrected chi connectivity index (χ4v) is 4.63. The van der Waals surface area contributed by atoms with E-state index in [0.29, 0.717) is 12.0 Å². The predicted molar refractivity (Wildman–Crippen MR) is 157 cm³/mol. The van der Waals surface area contributed by atoms with E-state index in [1.54, 1.807) is 18.2 Å². The Hall–Kier alpha value is -3.63. The van der Waals surface area contributed by atoms with Gasteiger partial charge in [-0.15, -0.1) is 0 Å². The molecule has 2 aliphatic rings. The summed E-state index contributed by atoms with van der Waals surface area (Å²) in [7, 11) is 0. The van der Waals surface area contributed by atoms with Gasteiger partial charge in [0.15, 0.2) is 0 Å². The molecule has 1 aromatic rings. The number of aliphatic hydroxyl groups excluding tert-OH is 2. The van der Waals surface area contributed by atoms with Crippen LogP contribution in [-0.4, -0.2) is 109 Å². The molecule has 4 atom stereocenters. The molecule has 2 heterocycles. The largest absolute Gasteiger partial charge is 0.461 e. The third-order valence-corrected chi connectivity index (χ3v) is 7.09. The maximum absolute atomic E-state index is 12.7. The molecule has 0 radical (unpaired) electrons. The van der Waals surface area contributed by atoms with Gasteiger partial charge >= 0.3 is 5.97 Å². The van der Waals surface area contributed by atoms with Crippen LogP contribution in [0.25, 0.3) is 0 Å². The summed E-state index contributed by atoms with van der Waals surface area (Å²) in [4.78, 5) is 61.2. The van der Waals surface area contributed by atoms with E-state index in [-0.39, 0.29) is 113 Å². The van der Waals surface area contributed by atoms with Gasteiger partial charge in [0.25, 0.3) is 0 Å². The summed E-state index contributed by atoms with van der Waals surface area (Å²) in [5.41, 5.74) is 0.825. The average molecular weight is 638 g/mol. The second-order valence-electron chi connectivity index (χ2n) is 10.7. The van der Waals surface area contributed by atoms with Crippen LogP contribution in [0.15, 0.2) is 18.2 Å². The summed E-state index contributed by atoms with van der Waals surface area (Å²) in [6.45, 7) is 4.22. The topological polar surface area (TPSA) is 199 Å². The lowest BCUT2D eigenvalue weighted by molar-refractivity contribution is -0.198. The quantitative estimate of drug-likeness (QED) is 0.0974. The fourth-order valence-electron chi connectivity index (χ4n) is 4.63. The lowest BCUT2D eigenvalue weighted by Crippen LogP contribution is -2.44. The molecule has 2 fully saturated rings. The average Bonchev–Trinajstić information content (AvgIpc) is 3.27. The third-order valence-electron chi connectivity index (χ3n) is 7.09. The molecule has 0 spiro atoms. The molecule has 2 aliphatic heterocycles. The monoisotopic (exact) mass is 637 g/mol. The van der Waals surface area contributed by atoms with Gasteiger partial charge < -0.3 is 44.5 Å². The SMILES string of the molecule is CCC1CC(=O)N(CCOCCOCCC(=O)NCCC(=O)Nc2cc(COC(C)=O)ccc2OC2OCC(O)CC2O)C1=O. The summed E-state index contributed by atoms with van der Waals surface area (Å²) in [5.74, 6) is -1.57. The first kappa shape index (κ1) is 35.8. The normalized spacial score (nSPS) is 21.5. The van der Waals surface area contributed by atoms with Crippen molar-refractivity contribution in [2.75, 3.05) is 51.4 Å². The van der Waals surface area contributed by atoms with Crippen molar-refractivity contribution in [2.45, 2.75) is 71.1 Å². The first-order chi connectivity index (χ1) is 21.6. The Labute approximate surface area is 261 Å². The number of likely N-dealkylation sites (tertiary alicyclic amines) is 1. The lowest BCUT2D eigenvalue weighted by Gasteiger charge is -2.31. The Morgan fingerprint density at radius 3 is 2.49 bits per heavy atom. The number of carbonyl (C=O) groups is 5. The molecule has 15 heteroatoms. The van der Waals surface area contributed by atoms with Gasteiger partial charge in [0.2, 0.25) is 29.9 Å². The van der Waals surface area contributed by atoms with Crippen LogP contribution in [0.4, 0.5) is 5.69 Å². The number of esters is 1. The van der Waals surface area contributed by atoms with E-state index in [1.807, 2.05) is 6.92 Å². The van der Waals surface area contributed by atoms with E-state index in [0.717, 1.165) is 0 Å². The van der Waals surface area contributed by atoms with Crippen LogP contribution in [0.2, 0.25) is 0 Å². The van der Waals surface area contributed by atoms with Crippen LogP contribution in [0.3, 0.4) is 0 Å². The van der Waals surface area contributed by atoms with Gasteiger partial charge in [-0.2, -0.15) is 0 Å². The number of ether oxygens (including phenoxy) is 5. The molecule has 4 unspecified atom stereocenters. The van der Waals surface area contributed by atoms with Gasteiger partial charge in [0.1, 0.15) is 18.5 Å². The minimum Gasteiger partial charge on any atom is -0.461 e. The summed E-state index contributed by atoms with van der Waals surface area (Å²) >= 11 is 0. The van der Waals surface area contributed by atoms with Crippen molar-refractivity contribution in [3.05, 3.63) is 23.8 Å². The molecular weight excluding hydrogens is 594 g/mol. The van der Waals surface area contributed by atoms with Gasteiger partial charge in [0.05, 0.1) is 51.4 Å². The number of rotatable bonds is 18. The second-order valence-corrected chi connectivity index (χ2v) is 10.7. The summed E-state index contributed by atoms with van der Waals surface area (Å²) in [5, 5.41) is 25.2. The lowest BCUT2D eigenvalue weighted by atomic mass is 10.1. The Balaban J connectivity index is 1.33. The maximum Gasteiger partial charge on any atom is 0.302 e. The molecule has 0 saturated carbocycles. The number of nitrogens with zero attached hydrogens (tertiary/aromatic N) is 1. The Bertz CT molecular complexity index is 1180. The molecule has 0 aromatic heterocycles. The highest BCUT2D eigenvalue weighted by molar-refractivity contribution is 6.03. The Kier molecular flexibility index (Phi) is 14.6. The highest BCUT2D eigenvalue weighted by atomic mass is 16.7. The summed E-state index contributed by atoms with van der Waals surface area (Å²) in [6, 6.07) is 4.74. The van der Waals surface area contributed by atoms with Crippen molar-refractivity contribution >= 4 is 35.3 Å². The van der Waals surface area contributed by atoms with E-state index in [1.165, 1.54) is 11.8 Å². The highest BCUT2D eigenvalue weighted by Crippen LogP contribution is 2.30. The van der Waals surface area contributed by atoms with E-state index in [4.69, 9.17) is 23.7 Å². The van der Waals surface area contributed by atoms with Crippen LogP contribution in [-0.2, 0) is 49.5 Å². The number of nitrogens with one attached hydrogen (secondary N) is 2. The number of aliphatic hydroxyl groups is 2. The molecule has 2 saturated heterocycles. The standard InChI is InChI=1S/C30H43N3O12/c1-3-21-15-28(39)33(29(21)40)9-11-42-13-12-41-10-7-26(37)31-8-6-27(38)32-23-14-20(17-43-19(2)34)4-5-25(23)45-30-24(36)16-22(35)18-44-30/h4-5,14,21-22,24,30,35-36H,3,6-13,15-18H2,1-2H3,(H,31,37)(H,32,38). The first-order valence-electron chi connectivity index (χ1n) is 15.0. The summed E-state index contributed by atoms with van der Waals surface area (Å²) in [6.07, 6.45) is -1.97. The van der Waals surface area contributed by atoms with Gasteiger partial charge in [-0.1, -0.05) is 13.0 Å². The molecular formula is C30H43N3O12. The fraction of sp³-hybridized carbons (Fsp3) is 0.633. The molecule has 15 nitrogen and oxygen atoms in total. The molecule has 250 valence electrons. The summed E-state index contributed by atoms with van der Waals surface area (Å²) < 4.78 is 27.0. The van der Waals surface area contributed by atoms with Crippen LogP contribution in [0, 0.1) is 5.92 Å². The van der Waals surface area contributed by atoms with Crippen LogP contribution >= 0.6 is 0 Å². The number of carbonyl (C=O) groups excluding carboxylic acids is 5. The maximum atomic E-state index is 12.7. The van der Waals surface area contributed by atoms with Gasteiger partial charge in [-0.3, -0.25) is 28.9 Å². The number of benzene rings is 1. The number of anilines is 1. The van der Waals surface area contributed by atoms with Crippen molar-refractivity contribution in [1.29, 1.82) is 0 Å². The number of hydrogen-bond acceptors (Lipinski definition) is 12. The molecule has 45 heavy (non-hydrogen) atoms. The number of imide groups is 1. The Morgan fingerprint density at radius 1 is 1.04 bits per heavy atom. The van der Waals surface area contributed by atoms with Crippen molar-refractivity contribution < 1.29 is 57.9 Å². The van der Waals surface area contributed by atoms with E-state index < -0.39 is 30.4 Å². The third kappa shape index (κ3) is 12.0. The van der Waals surface area contributed by atoms with Crippen LogP contribution in [0.1, 0.15) is 51.5 Å². The van der Waals surface area contributed by atoms with Crippen LogP contribution < -0.4 is 15.4 Å².